The number of pyridine rings is 1. The molecule has 1 aromatic carbocycles. The van der Waals surface area contributed by atoms with Gasteiger partial charge in [0.15, 0.2) is 17.4 Å². The minimum atomic E-state index is -4.20. The number of benzene rings is 1. The van der Waals surface area contributed by atoms with Crippen LogP contribution in [0.1, 0.15) is 5.56 Å². The maximum Gasteiger partial charge on any atom is 0.261 e. The quantitative estimate of drug-likeness (QED) is 0.789. The number of aromatic nitrogens is 1. The summed E-state index contributed by atoms with van der Waals surface area (Å²) in [6.45, 7) is 0.0326. The van der Waals surface area contributed by atoms with E-state index in [4.69, 9.17) is 15.4 Å². The minimum absolute atomic E-state index is 0.0326. The Morgan fingerprint density at radius 2 is 1.71 bits per heavy atom. The molecule has 4 nitrogen and oxygen atoms in total. The van der Waals surface area contributed by atoms with Gasteiger partial charge in [0.05, 0.1) is 11.5 Å². The van der Waals surface area contributed by atoms with E-state index in [-0.39, 0.29) is 6.61 Å². The van der Waals surface area contributed by atoms with Crippen molar-refractivity contribution < 1.29 is 21.9 Å². The van der Waals surface area contributed by atoms with Crippen LogP contribution in [0.25, 0.3) is 0 Å². The SMILES string of the molecule is O=S(=O)(Cl)c1cc(F)c(OCCc2ccncc2)c(F)c1. The zero-order valence-electron chi connectivity index (χ0n) is 10.6. The molecule has 0 N–H and O–H groups in total. The van der Waals surface area contributed by atoms with Gasteiger partial charge in [0.2, 0.25) is 0 Å². The largest absolute Gasteiger partial charge is 0.487 e. The van der Waals surface area contributed by atoms with Crippen LogP contribution in [0.2, 0.25) is 0 Å². The van der Waals surface area contributed by atoms with E-state index in [1.807, 2.05) is 0 Å². The molecule has 2 aromatic rings. The molecule has 0 radical (unpaired) electrons. The van der Waals surface area contributed by atoms with Crippen molar-refractivity contribution in [3.8, 4) is 5.75 Å². The fourth-order valence-electron chi connectivity index (χ4n) is 1.64. The fraction of sp³-hybridized carbons (Fsp3) is 0.154. The fourth-order valence-corrected chi connectivity index (χ4v) is 2.39. The second-order valence-corrected chi connectivity index (χ2v) is 6.67. The Balaban J connectivity index is 2.11. The molecule has 2 rings (SSSR count). The lowest BCUT2D eigenvalue weighted by Crippen LogP contribution is -2.05. The van der Waals surface area contributed by atoms with E-state index in [1.54, 1.807) is 24.5 Å². The van der Waals surface area contributed by atoms with Crippen LogP contribution in [0.5, 0.6) is 5.75 Å². The number of ether oxygens (including phenoxy) is 1. The molecule has 1 aromatic heterocycles. The summed E-state index contributed by atoms with van der Waals surface area (Å²) in [5, 5.41) is 0. The first kappa shape index (κ1) is 15.7. The van der Waals surface area contributed by atoms with Gasteiger partial charge in [0, 0.05) is 29.5 Å². The summed E-state index contributed by atoms with van der Waals surface area (Å²) in [5.41, 5.74) is 0.894. The first-order chi connectivity index (χ1) is 9.88. The van der Waals surface area contributed by atoms with Crippen molar-refractivity contribution in [1.29, 1.82) is 0 Å². The molecule has 0 unspecified atom stereocenters. The van der Waals surface area contributed by atoms with Gasteiger partial charge < -0.3 is 4.74 Å². The molecule has 0 fully saturated rings. The summed E-state index contributed by atoms with van der Waals surface area (Å²) >= 11 is 0. The molecule has 1 heterocycles. The van der Waals surface area contributed by atoms with Crippen molar-refractivity contribution in [2.45, 2.75) is 11.3 Å². The van der Waals surface area contributed by atoms with Crippen molar-refractivity contribution in [3.05, 3.63) is 53.9 Å². The van der Waals surface area contributed by atoms with Crippen molar-refractivity contribution >= 4 is 19.7 Å². The van der Waals surface area contributed by atoms with Gasteiger partial charge in [-0.3, -0.25) is 4.98 Å². The van der Waals surface area contributed by atoms with Crippen molar-refractivity contribution in [2.75, 3.05) is 6.61 Å². The molecular weight excluding hydrogens is 324 g/mol. The number of rotatable bonds is 5. The van der Waals surface area contributed by atoms with Crippen LogP contribution in [-0.4, -0.2) is 20.0 Å². The van der Waals surface area contributed by atoms with Crippen molar-refractivity contribution in [1.82, 2.24) is 4.98 Å². The first-order valence-corrected chi connectivity index (χ1v) is 8.14. The molecule has 0 bridgehead atoms. The third-order valence-corrected chi connectivity index (χ3v) is 3.97. The highest BCUT2D eigenvalue weighted by molar-refractivity contribution is 8.13. The maximum atomic E-state index is 13.7. The molecule has 0 aliphatic rings. The Morgan fingerprint density at radius 1 is 1.14 bits per heavy atom. The Hall–Kier alpha value is -1.73. The van der Waals surface area contributed by atoms with Crippen LogP contribution in [0, 0.1) is 11.6 Å². The highest BCUT2D eigenvalue weighted by atomic mass is 35.7. The average molecular weight is 334 g/mol. The average Bonchev–Trinajstić information content (AvgIpc) is 2.42. The van der Waals surface area contributed by atoms with Gasteiger partial charge in [-0.2, -0.15) is 0 Å². The van der Waals surface area contributed by atoms with Crippen LogP contribution >= 0.6 is 10.7 Å². The zero-order chi connectivity index (χ0) is 15.5. The van der Waals surface area contributed by atoms with Gasteiger partial charge >= 0.3 is 0 Å². The Bertz CT molecular complexity index is 715. The van der Waals surface area contributed by atoms with Crippen LogP contribution in [0.4, 0.5) is 8.78 Å². The van der Waals surface area contributed by atoms with E-state index < -0.39 is 31.3 Å². The molecule has 0 saturated carbocycles. The Kier molecular flexibility index (Phi) is 4.74. The lowest BCUT2D eigenvalue weighted by molar-refractivity contribution is 0.287. The molecule has 0 amide bonds. The molecule has 0 atom stereocenters. The molecule has 8 heteroatoms. The summed E-state index contributed by atoms with van der Waals surface area (Å²) in [6.07, 6.45) is 3.62. The van der Waals surface area contributed by atoms with Crippen LogP contribution in [0.3, 0.4) is 0 Å². The molecule has 0 saturated heterocycles. The van der Waals surface area contributed by atoms with Gasteiger partial charge in [0.25, 0.3) is 9.05 Å². The topological polar surface area (TPSA) is 56.3 Å². The Labute approximate surface area is 124 Å². The van der Waals surface area contributed by atoms with Gasteiger partial charge in [0.1, 0.15) is 0 Å². The molecule has 21 heavy (non-hydrogen) atoms. The van der Waals surface area contributed by atoms with Crippen molar-refractivity contribution in [2.24, 2.45) is 0 Å². The van der Waals surface area contributed by atoms with E-state index in [9.17, 15) is 17.2 Å². The van der Waals surface area contributed by atoms with Gasteiger partial charge in [-0.15, -0.1) is 0 Å². The first-order valence-electron chi connectivity index (χ1n) is 5.83. The third kappa shape index (κ3) is 4.12. The van der Waals surface area contributed by atoms with E-state index >= 15 is 0 Å². The predicted octanol–water partition coefficient (Wildman–Crippen LogP) is 2.91. The lowest BCUT2D eigenvalue weighted by Gasteiger charge is -2.09. The third-order valence-electron chi connectivity index (χ3n) is 2.64. The normalized spacial score (nSPS) is 11.4. The molecule has 0 spiro atoms. The summed E-state index contributed by atoms with van der Waals surface area (Å²) in [7, 11) is 0.833. The van der Waals surface area contributed by atoms with Crippen LogP contribution in [-0.2, 0) is 15.5 Å². The van der Waals surface area contributed by atoms with Gasteiger partial charge in [-0.25, -0.2) is 17.2 Å². The zero-order valence-corrected chi connectivity index (χ0v) is 12.2. The predicted molar refractivity (Wildman–Crippen MR) is 72.8 cm³/mol. The van der Waals surface area contributed by atoms with E-state index in [1.165, 1.54) is 0 Å². The van der Waals surface area contributed by atoms with Gasteiger partial charge in [-0.05, 0) is 29.8 Å². The van der Waals surface area contributed by atoms with Gasteiger partial charge in [-0.1, -0.05) is 0 Å². The maximum absolute atomic E-state index is 13.7. The summed E-state index contributed by atoms with van der Waals surface area (Å²) in [4.78, 5) is 3.19. The highest BCUT2D eigenvalue weighted by Crippen LogP contribution is 2.27. The highest BCUT2D eigenvalue weighted by Gasteiger charge is 2.19. The number of nitrogens with zero attached hydrogens (tertiary/aromatic N) is 1. The molecule has 112 valence electrons. The second-order valence-electron chi connectivity index (χ2n) is 4.11. The summed E-state index contributed by atoms with van der Waals surface area (Å²) < 4.78 is 54.4. The number of halogens is 3. The van der Waals surface area contributed by atoms with Crippen LogP contribution < -0.4 is 4.74 Å². The Morgan fingerprint density at radius 3 is 2.24 bits per heavy atom. The second kappa shape index (κ2) is 6.36. The molecule has 0 aliphatic heterocycles. The molecule has 0 aliphatic carbocycles. The minimum Gasteiger partial charge on any atom is -0.487 e. The summed E-state index contributed by atoms with van der Waals surface area (Å²) in [5.74, 6) is -2.87. The van der Waals surface area contributed by atoms with E-state index in [2.05, 4.69) is 4.98 Å². The molecular formula is C13H10ClF2NO3S. The number of hydrogen-bond donors (Lipinski definition) is 0. The number of hydrogen-bond acceptors (Lipinski definition) is 4. The van der Waals surface area contributed by atoms with Crippen LogP contribution in [0.15, 0.2) is 41.6 Å². The van der Waals surface area contributed by atoms with Crippen molar-refractivity contribution in [3.63, 3.8) is 0 Å². The monoisotopic (exact) mass is 333 g/mol. The standard InChI is InChI=1S/C13H10ClF2NO3S/c14-21(18,19)10-7-11(15)13(12(16)8-10)20-6-3-9-1-4-17-5-2-9/h1-2,4-5,7-8H,3,6H2. The smallest absolute Gasteiger partial charge is 0.261 e. The van der Waals surface area contributed by atoms with E-state index in [0.29, 0.717) is 18.6 Å². The van der Waals surface area contributed by atoms with E-state index in [0.717, 1.165) is 5.56 Å². The lowest BCUT2D eigenvalue weighted by atomic mass is 10.2. The summed E-state index contributed by atoms with van der Waals surface area (Å²) in [6, 6.07) is 4.73.